The second-order valence-electron chi connectivity index (χ2n) is 10.3. The van der Waals surface area contributed by atoms with Gasteiger partial charge in [0.15, 0.2) is 0 Å². The highest BCUT2D eigenvalue weighted by Gasteiger charge is 2.06. The molecule has 0 heterocycles. The normalized spacial score (nSPS) is 11.1. The molecule has 0 aliphatic carbocycles. The first-order valence-electron chi connectivity index (χ1n) is 14.7. The van der Waals surface area contributed by atoms with Crippen LogP contribution in [0.2, 0.25) is 0 Å². The largest absolute Gasteiger partial charge is 0.355 e. The van der Waals surface area contributed by atoms with Gasteiger partial charge in [-0.1, -0.05) is 122 Å². The highest BCUT2D eigenvalue weighted by atomic mass is 14.9. The van der Waals surface area contributed by atoms with Crippen molar-refractivity contribution in [2.45, 2.75) is 136 Å². The van der Waals surface area contributed by atoms with Crippen LogP contribution in [0.5, 0.6) is 0 Å². The van der Waals surface area contributed by atoms with Gasteiger partial charge in [0.2, 0.25) is 0 Å². The maximum Gasteiger partial charge on any atom is 0.0419 e. The standard InChI is InChI=1S/C33H53N/c1-4-7-10-13-16-19-29-23-26-32(27-24-29)34-33-28-30(20-17-14-11-8-5-2)22-25-31(33)21-18-15-12-9-6-3/h22-28,34H,4-21H2,1-3H3. The van der Waals surface area contributed by atoms with E-state index in [0.29, 0.717) is 0 Å². The fourth-order valence-electron chi connectivity index (χ4n) is 4.81. The van der Waals surface area contributed by atoms with Crippen molar-refractivity contribution >= 4 is 11.4 Å². The third kappa shape index (κ3) is 12.1. The Labute approximate surface area is 212 Å². The molecule has 0 spiro atoms. The highest BCUT2D eigenvalue weighted by molar-refractivity contribution is 5.64. The van der Waals surface area contributed by atoms with E-state index in [9.17, 15) is 0 Å². The van der Waals surface area contributed by atoms with Crippen molar-refractivity contribution in [2.24, 2.45) is 0 Å². The molecule has 0 aliphatic heterocycles. The van der Waals surface area contributed by atoms with E-state index in [2.05, 4.69) is 68.6 Å². The van der Waals surface area contributed by atoms with Gasteiger partial charge in [0, 0.05) is 11.4 Å². The Kier molecular flexibility index (Phi) is 15.5. The highest BCUT2D eigenvalue weighted by Crippen LogP contribution is 2.26. The minimum Gasteiger partial charge on any atom is -0.355 e. The Morgan fingerprint density at radius 3 is 1.50 bits per heavy atom. The topological polar surface area (TPSA) is 12.0 Å². The summed E-state index contributed by atoms with van der Waals surface area (Å²) in [7, 11) is 0. The number of aryl methyl sites for hydroxylation is 3. The molecule has 2 rings (SSSR count). The summed E-state index contributed by atoms with van der Waals surface area (Å²) in [4.78, 5) is 0. The van der Waals surface area contributed by atoms with Crippen molar-refractivity contribution in [2.75, 3.05) is 5.32 Å². The summed E-state index contributed by atoms with van der Waals surface area (Å²) in [5, 5.41) is 3.79. The number of unbranched alkanes of at least 4 members (excludes halogenated alkanes) is 12. The number of hydrogen-bond donors (Lipinski definition) is 1. The second-order valence-corrected chi connectivity index (χ2v) is 10.3. The summed E-state index contributed by atoms with van der Waals surface area (Å²) in [5.74, 6) is 0. The molecule has 1 nitrogen and oxygen atoms in total. The van der Waals surface area contributed by atoms with Crippen LogP contribution >= 0.6 is 0 Å². The van der Waals surface area contributed by atoms with E-state index in [0.717, 1.165) is 0 Å². The molecule has 2 aromatic carbocycles. The minimum atomic E-state index is 1.18. The summed E-state index contributed by atoms with van der Waals surface area (Å²) < 4.78 is 0. The fourth-order valence-corrected chi connectivity index (χ4v) is 4.81. The van der Waals surface area contributed by atoms with Gasteiger partial charge < -0.3 is 5.32 Å². The Bertz CT molecular complexity index is 746. The molecule has 0 aliphatic rings. The van der Waals surface area contributed by atoms with Gasteiger partial charge in [0.05, 0.1) is 0 Å². The van der Waals surface area contributed by atoms with Gasteiger partial charge >= 0.3 is 0 Å². The fraction of sp³-hybridized carbons (Fsp3) is 0.636. The monoisotopic (exact) mass is 463 g/mol. The summed E-state index contributed by atoms with van der Waals surface area (Å²) in [6, 6.07) is 16.4. The lowest BCUT2D eigenvalue weighted by atomic mass is 9.99. The molecule has 0 atom stereocenters. The first-order chi connectivity index (χ1) is 16.8. The molecule has 34 heavy (non-hydrogen) atoms. The lowest BCUT2D eigenvalue weighted by Gasteiger charge is -2.15. The number of hydrogen-bond acceptors (Lipinski definition) is 1. The zero-order chi connectivity index (χ0) is 24.3. The Morgan fingerprint density at radius 2 is 0.941 bits per heavy atom. The Hall–Kier alpha value is -1.76. The van der Waals surface area contributed by atoms with Crippen LogP contribution in [-0.2, 0) is 19.3 Å². The molecular formula is C33H53N. The summed E-state index contributed by atoms with van der Waals surface area (Å²) in [6.07, 6.45) is 23.8. The van der Waals surface area contributed by atoms with Crippen molar-refractivity contribution in [1.29, 1.82) is 0 Å². The minimum absolute atomic E-state index is 1.18. The first-order valence-corrected chi connectivity index (χ1v) is 14.7. The number of anilines is 2. The maximum atomic E-state index is 3.79. The zero-order valence-corrected chi connectivity index (χ0v) is 22.8. The van der Waals surface area contributed by atoms with Gasteiger partial charge in [0.25, 0.3) is 0 Å². The predicted octanol–water partition coefficient (Wildman–Crippen LogP) is 11.0. The molecule has 0 fully saturated rings. The quantitative estimate of drug-likeness (QED) is 0.192. The summed E-state index contributed by atoms with van der Waals surface area (Å²) in [5.41, 5.74) is 6.98. The average molecular weight is 464 g/mol. The lowest BCUT2D eigenvalue weighted by molar-refractivity contribution is 0.630. The number of rotatable bonds is 20. The van der Waals surface area contributed by atoms with Crippen LogP contribution in [0.4, 0.5) is 11.4 Å². The molecule has 1 heteroatoms. The molecule has 0 saturated carbocycles. The number of benzene rings is 2. The molecule has 190 valence electrons. The molecule has 0 radical (unpaired) electrons. The van der Waals surface area contributed by atoms with E-state index in [1.54, 1.807) is 0 Å². The second kappa shape index (κ2) is 18.6. The maximum absolute atomic E-state index is 3.79. The molecule has 0 aromatic heterocycles. The SMILES string of the molecule is CCCCCCCc1ccc(Nc2cc(CCCCCCC)ccc2CCCCCCC)cc1. The number of nitrogens with one attached hydrogen (secondary N) is 1. The molecule has 0 amide bonds. The third-order valence-electron chi connectivity index (χ3n) is 7.09. The third-order valence-corrected chi connectivity index (χ3v) is 7.09. The van der Waals surface area contributed by atoms with Gasteiger partial charge in [-0.15, -0.1) is 0 Å². The van der Waals surface area contributed by atoms with E-state index in [1.807, 2.05) is 0 Å². The van der Waals surface area contributed by atoms with Crippen molar-refractivity contribution in [3.63, 3.8) is 0 Å². The first kappa shape index (κ1) is 28.5. The van der Waals surface area contributed by atoms with Gasteiger partial charge in [-0.3, -0.25) is 0 Å². The van der Waals surface area contributed by atoms with Gasteiger partial charge in [-0.2, -0.15) is 0 Å². The Balaban J connectivity index is 1.96. The van der Waals surface area contributed by atoms with E-state index >= 15 is 0 Å². The van der Waals surface area contributed by atoms with E-state index in [-0.39, 0.29) is 0 Å². The average Bonchev–Trinajstić information content (AvgIpc) is 2.86. The summed E-state index contributed by atoms with van der Waals surface area (Å²) >= 11 is 0. The van der Waals surface area contributed by atoms with Crippen LogP contribution in [0, 0.1) is 0 Å². The van der Waals surface area contributed by atoms with Crippen molar-refractivity contribution < 1.29 is 0 Å². The molecule has 1 N–H and O–H groups in total. The van der Waals surface area contributed by atoms with Gasteiger partial charge in [0.1, 0.15) is 0 Å². The van der Waals surface area contributed by atoms with Crippen LogP contribution in [0.3, 0.4) is 0 Å². The van der Waals surface area contributed by atoms with Crippen molar-refractivity contribution in [1.82, 2.24) is 0 Å². The van der Waals surface area contributed by atoms with Gasteiger partial charge in [-0.25, -0.2) is 0 Å². The van der Waals surface area contributed by atoms with Crippen LogP contribution in [-0.4, -0.2) is 0 Å². The van der Waals surface area contributed by atoms with Crippen LogP contribution < -0.4 is 5.32 Å². The van der Waals surface area contributed by atoms with Crippen molar-refractivity contribution in [3.05, 3.63) is 59.2 Å². The van der Waals surface area contributed by atoms with E-state index in [1.165, 1.54) is 144 Å². The van der Waals surface area contributed by atoms with Crippen LogP contribution in [0.25, 0.3) is 0 Å². The molecule has 0 saturated heterocycles. The van der Waals surface area contributed by atoms with Gasteiger partial charge in [-0.05, 0) is 73.4 Å². The molecule has 0 bridgehead atoms. The molecule has 0 unspecified atom stereocenters. The van der Waals surface area contributed by atoms with Crippen molar-refractivity contribution in [3.8, 4) is 0 Å². The smallest absolute Gasteiger partial charge is 0.0419 e. The summed E-state index contributed by atoms with van der Waals surface area (Å²) in [6.45, 7) is 6.87. The molecular weight excluding hydrogens is 410 g/mol. The zero-order valence-electron chi connectivity index (χ0n) is 22.8. The Morgan fingerprint density at radius 1 is 0.471 bits per heavy atom. The van der Waals surface area contributed by atoms with Crippen LogP contribution in [0.1, 0.15) is 134 Å². The molecule has 2 aromatic rings. The van der Waals surface area contributed by atoms with Crippen LogP contribution in [0.15, 0.2) is 42.5 Å². The lowest BCUT2D eigenvalue weighted by Crippen LogP contribution is -1.99. The van der Waals surface area contributed by atoms with E-state index < -0.39 is 0 Å². The van der Waals surface area contributed by atoms with E-state index in [4.69, 9.17) is 0 Å². The predicted molar refractivity (Wildman–Crippen MR) is 154 cm³/mol.